The molecule has 1 saturated heterocycles. The quantitative estimate of drug-likeness (QED) is 0.515. The van der Waals surface area contributed by atoms with Crippen LogP contribution >= 0.6 is 15.9 Å². The Labute approximate surface area is 216 Å². The summed E-state index contributed by atoms with van der Waals surface area (Å²) in [5, 5.41) is 5.35. The summed E-state index contributed by atoms with van der Waals surface area (Å²) >= 11 is 3.34. The molecular formula is C25H28BrF3N4O3. The lowest BCUT2D eigenvalue weighted by Gasteiger charge is -2.37. The smallest absolute Gasteiger partial charge is 0.340 e. The van der Waals surface area contributed by atoms with Gasteiger partial charge in [0.2, 0.25) is 5.91 Å². The standard InChI is InChI=1S/C25H28BrF3N4O3/c1-3-16(2)21(31-22(34)17-6-4-8-19(26)14-17)23(35)32-10-12-33(13-11-32)24(36)30-20-9-5-7-18(15-20)25(27,28)29/h4-9,14-16,21H,3,10-13H2,1-2H3,(H,30,36)(H,31,34). The average Bonchev–Trinajstić information content (AvgIpc) is 2.86. The van der Waals surface area contributed by atoms with E-state index in [-0.39, 0.29) is 49.6 Å². The molecular weight excluding hydrogens is 541 g/mol. The lowest BCUT2D eigenvalue weighted by atomic mass is 9.97. The van der Waals surface area contributed by atoms with E-state index in [9.17, 15) is 27.6 Å². The van der Waals surface area contributed by atoms with Crippen LogP contribution in [0, 0.1) is 5.92 Å². The van der Waals surface area contributed by atoms with Crippen LogP contribution in [0.5, 0.6) is 0 Å². The molecule has 2 atom stereocenters. The van der Waals surface area contributed by atoms with Gasteiger partial charge in [0.15, 0.2) is 0 Å². The zero-order valence-corrected chi connectivity index (χ0v) is 21.5. The number of halogens is 4. The number of alkyl halides is 3. The van der Waals surface area contributed by atoms with Crippen LogP contribution in [0.2, 0.25) is 0 Å². The van der Waals surface area contributed by atoms with Crippen LogP contribution in [-0.4, -0.2) is 59.9 Å². The number of nitrogens with zero attached hydrogens (tertiary/aromatic N) is 2. The summed E-state index contributed by atoms with van der Waals surface area (Å²) in [6.45, 7) is 4.74. The maximum atomic E-state index is 13.3. The van der Waals surface area contributed by atoms with Crippen molar-refractivity contribution in [1.82, 2.24) is 15.1 Å². The van der Waals surface area contributed by atoms with Crippen LogP contribution in [0.25, 0.3) is 0 Å². The Balaban J connectivity index is 1.60. The van der Waals surface area contributed by atoms with Crippen LogP contribution in [0.3, 0.4) is 0 Å². The third-order valence-electron chi connectivity index (χ3n) is 6.17. The normalized spacial score (nSPS) is 15.7. The molecule has 0 aliphatic carbocycles. The lowest BCUT2D eigenvalue weighted by molar-refractivity contribution is -0.137. The zero-order chi connectivity index (χ0) is 26.5. The number of hydrogen-bond donors (Lipinski definition) is 2. The molecule has 2 unspecified atom stereocenters. The Kier molecular flexibility index (Phi) is 8.99. The van der Waals surface area contributed by atoms with E-state index in [0.29, 0.717) is 12.0 Å². The van der Waals surface area contributed by atoms with Gasteiger partial charge in [0.05, 0.1) is 5.56 Å². The van der Waals surface area contributed by atoms with Crippen molar-refractivity contribution in [3.63, 3.8) is 0 Å². The number of nitrogens with one attached hydrogen (secondary N) is 2. The van der Waals surface area contributed by atoms with E-state index < -0.39 is 23.8 Å². The molecule has 2 N–H and O–H groups in total. The predicted molar refractivity (Wildman–Crippen MR) is 133 cm³/mol. The number of benzene rings is 2. The number of hydrogen-bond acceptors (Lipinski definition) is 3. The highest BCUT2D eigenvalue weighted by atomic mass is 79.9. The summed E-state index contributed by atoms with van der Waals surface area (Å²) in [6, 6.07) is 10.0. The maximum Gasteiger partial charge on any atom is 0.416 e. The Morgan fingerprint density at radius 3 is 2.25 bits per heavy atom. The fraction of sp³-hybridized carbons (Fsp3) is 0.400. The van der Waals surface area contributed by atoms with E-state index in [1.54, 1.807) is 29.2 Å². The predicted octanol–water partition coefficient (Wildman–Crippen LogP) is 4.99. The Morgan fingerprint density at radius 1 is 1.00 bits per heavy atom. The molecule has 0 saturated carbocycles. The van der Waals surface area contributed by atoms with Crippen LogP contribution < -0.4 is 10.6 Å². The van der Waals surface area contributed by atoms with Crippen molar-refractivity contribution in [2.24, 2.45) is 5.92 Å². The first-order valence-corrected chi connectivity index (χ1v) is 12.4. The molecule has 2 aromatic carbocycles. The molecule has 194 valence electrons. The first-order valence-electron chi connectivity index (χ1n) is 11.6. The Hall–Kier alpha value is -3.08. The van der Waals surface area contributed by atoms with Gasteiger partial charge in [0.25, 0.3) is 5.91 Å². The van der Waals surface area contributed by atoms with Crippen molar-refractivity contribution >= 4 is 39.5 Å². The van der Waals surface area contributed by atoms with Gasteiger partial charge in [-0.25, -0.2) is 4.79 Å². The third kappa shape index (κ3) is 6.99. The summed E-state index contributed by atoms with van der Waals surface area (Å²) < 4.78 is 39.5. The van der Waals surface area contributed by atoms with Gasteiger partial charge in [0, 0.05) is 41.9 Å². The molecule has 11 heteroatoms. The molecule has 1 fully saturated rings. The van der Waals surface area contributed by atoms with E-state index in [1.807, 2.05) is 13.8 Å². The second kappa shape index (κ2) is 11.8. The number of piperazine rings is 1. The van der Waals surface area contributed by atoms with Gasteiger partial charge in [-0.3, -0.25) is 9.59 Å². The topological polar surface area (TPSA) is 81.8 Å². The van der Waals surface area contributed by atoms with Crippen molar-refractivity contribution in [3.8, 4) is 0 Å². The Bertz CT molecular complexity index is 1100. The summed E-state index contributed by atoms with van der Waals surface area (Å²) in [5.74, 6) is -0.699. The molecule has 1 aliphatic heterocycles. The molecule has 0 spiro atoms. The Morgan fingerprint density at radius 2 is 1.64 bits per heavy atom. The van der Waals surface area contributed by atoms with Crippen molar-refractivity contribution < 1.29 is 27.6 Å². The minimum Gasteiger partial charge on any atom is -0.340 e. The molecule has 4 amide bonds. The van der Waals surface area contributed by atoms with Crippen molar-refractivity contribution in [2.75, 3.05) is 31.5 Å². The lowest BCUT2D eigenvalue weighted by Crippen LogP contribution is -2.57. The molecule has 1 aliphatic rings. The van der Waals surface area contributed by atoms with Crippen LogP contribution in [0.4, 0.5) is 23.7 Å². The molecule has 3 rings (SSSR count). The van der Waals surface area contributed by atoms with Gasteiger partial charge < -0.3 is 20.4 Å². The minimum atomic E-state index is -4.51. The van der Waals surface area contributed by atoms with Gasteiger partial charge >= 0.3 is 12.2 Å². The summed E-state index contributed by atoms with van der Waals surface area (Å²) in [6.07, 6.45) is -3.83. The zero-order valence-electron chi connectivity index (χ0n) is 19.9. The van der Waals surface area contributed by atoms with Gasteiger partial charge in [-0.15, -0.1) is 0 Å². The third-order valence-corrected chi connectivity index (χ3v) is 6.67. The van der Waals surface area contributed by atoms with E-state index in [0.717, 1.165) is 16.6 Å². The fourth-order valence-electron chi connectivity index (χ4n) is 3.84. The van der Waals surface area contributed by atoms with E-state index in [2.05, 4.69) is 26.6 Å². The first kappa shape index (κ1) is 27.5. The number of amides is 4. The monoisotopic (exact) mass is 568 g/mol. The van der Waals surface area contributed by atoms with Crippen LogP contribution in [0.15, 0.2) is 53.0 Å². The fourth-order valence-corrected chi connectivity index (χ4v) is 4.24. The number of rotatable bonds is 6. The summed E-state index contributed by atoms with van der Waals surface area (Å²) in [5.41, 5.74) is -0.376. The van der Waals surface area contributed by atoms with Crippen LogP contribution in [-0.2, 0) is 11.0 Å². The van der Waals surface area contributed by atoms with Gasteiger partial charge in [-0.1, -0.05) is 48.3 Å². The molecule has 0 aromatic heterocycles. The number of anilines is 1. The molecule has 36 heavy (non-hydrogen) atoms. The number of carbonyl (C=O) groups excluding carboxylic acids is 3. The molecule has 7 nitrogen and oxygen atoms in total. The molecule has 2 aromatic rings. The van der Waals surface area contributed by atoms with Crippen molar-refractivity contribution in [1.29, 1.82) is 0 Å². The summed E-state index contributed by atoms with van der Waals surface area (Å²) in [4.78, 5) is 41.7. The van der Waals surface area contributed by atoms with Crippen molar-refractivity contribution in [3.05, 3.63) is 64.1 Å². The molecule has 0 radical (unpaired) electrons. The highest BCUT2D eigenvalue weighted by Crippen LogP contribution is 2.30. The second-order valence-electron chi connectivity index (χ2n) is 8.67. The summed E-state index contributed by atoms with van der Waals surface area (Å²) in [7, 11) is 0. The number of carbonyl (C=O) groups is 3. The van der Waals surface area contributed by atoms with E-state index in [4.69, 9.17) is 0 Å². The van der Waals surface area contributed by atoms with Crippen molar-refractivity contribution in [2.45, 2.75) is 32.5 Å². The average molecular weight is 569 g/mol. The first-order chi connectivity index (χ1) is 17.0. The maximum absolute atomic E-state index is 13.3. The molecule has 1 heterocycles. The highest BCUT2D eigenvalue weighted by molar-refractivity contribution is 9.10. The molecule has 0 bridgehead atoms. The van der Waals surface area contributed by atoms with Crippen LogP contribution in [0.1, 0.15) is 36.2 Å². The van der Waals surface area contributed by atoms with Gasteiger partial charge in [-0.05, 0) is 42.3 Å². The number of urea groups is 1. The van der Waals surface area contributed by atoms with E-state index in [1.165, 1.54) is 17.0 Å². The SMILES string of the molecule is CCC(C)C(NC(=O)c1cccc(Br)c1)C(=O)N1CCN(C(=O)Nc2cccc(C(F)(F)F)c2)CC1. The van der Waals surface area contributed by atoms with E-state index >= 15 is 0 Å². The van der Waals surface area contributed by atoms with Gasteiger partial charge in [0.1, 0.15) is 6.04 Å². The highest BCUT2D eigenvalue weighted by Gasteiger charge is 2.33. The largest absolute Gasteiger partial charge is 0.416 e. The second-order valence-corrected chi connectivity index (χ2v) is 9.58. The minimum absolute atomic E-state index is 0.0421. The van der Waals surface area contributed by atoms with Gasteiger partial charge in [-0.2, -0.15) is 13.2 Å².